The zero-order valence-electron chi connectivity index (χ0n) is 43.4. The molecule has 2 aliphatic carbocycles. The topological polar surface area (TPSA) is 171 Å². The summed E-state index contributed by atoms with van der Waals surface area (Å²) in [5.74, 6) is -0.694. The Morgan fingerprint density at radius 2 is 1.67 bits per heavy atom. The molecule has 3 aromatic heterocycles. The van der Waals surface area contributed by atoms with Crippen LogP contribution in [0.5, 0.6) is 5.75 Å². The first-order chi connectivity index (χ1) is 36.2. The predicted octanol–water partition coefficient (Wildman–Crippen LogP) is 7.65. The molecule has 0 spiro atoms. The van der Waals surface area contributed by atoms with E-state index in [1.165, 1.54) is 16.3 Å². The van der Waals surface area contributed by atoms with Crippen LogP contribution in [0, 0.1) is 11.2 Å². The van der Waals surface area contributed by atoms with Gasteiger partial charge in [-0.3, -0.25) is 24.2 Å². The van der Waals surface area contributed by atoms with Gasteiger partial charge in [-0.2, -0.15) is 5.10 Å². The zero-order chi connectivity index (χ0) is 52.6. The standard InChI is InChI=1S/C59H67FN8O7/c1-38(61-5)56(70)65-55(59(2,3)4)58(72)67-36-44-29-47(17-16-41(44)31-53(67)57(71)64-52-15-9-12-40-11-6-7-14-49(40)52)75-27-26-74-25-24-73-23-21-54(69)68-37-45(33-63-68)43-30-50-48(18-19-51(50)62-32-43)42-20-22-66(35-42)34-39-10-8-13-46(60)28-39/h6-8,10-11,13-14,16-18,20,22,28-30,32-33,35,37-38,52-53,55,61H,9,12,15,19,21,23-27,31,34,36H2,1-5H3,(H,64,71)(H,65,70)/t38-,52+,53-,55+/m1/s1. The number of aryl methyl sites for hydroxylation is 1. The Labute approximate surface area is 437 Å². The van der Waals surface area contributed by atoms with Crippen LogP contribution in [0.3, 0.4) is 0 Å². The molecule has 4 heterocycles. The Morgan fingerprint density at radius 1 is 0.853 bits per heavy atom. The van der Waals surface area contributed by atoms with Crippen molar-refractivity contribution in [3.63, 3.8) is 0 Å². The number of ether oxygens (including phenoxy) is 3. The number of allylic oxidation sites excluding steroid dienone is 1. The van der Waals surface area contributed by atoms with Crippen molar-refractivity contribution in [2.45, 2.75) is 103 Å². The molecule has 0 saturated carbocycles. The van der Waals surface area contributed by atoms with Gasteiger partial charge in [0.15, 0.2) is 0 Å². The molecule has 16 heteroatoms. The summed E-state index contributed by atoms with van der Waals surface area (Å²) >= 11 is 0. The molecule has 0 bridgehead atoms. The number of halogens is 1. The third-order valence-corrected chi connectivity index (χ3v) is 14.4. The van der Waals surface area contributed by atoms with Crippen LogP contribution < -0.4 is 20.7 Å². The van der Waals surface area contributed by atoms with Crippen LogP contribution in [0.2, 0.25) is 0 Å². The van der Waals surface area contributed by atoms with Crippen LogP contribution in [0.1, 0.15) is 102 Å². The molecule has 0 fully saturated rings. The molecule has 1 aliphatic heterocycles. The van der Waals surface area contributed by atoms with Gasteiger partial charge in [0, 0.05) is 67.4 Å². The van der Waals surface area contributed by atoms with Gasteiger partial charge in [0.25, 0.3) is 0 Å². The van der Waals surface area contributed by atoms with Gasteiger partial charge in [-0.15, -0.1) is 0 Å². The smallest absolute Gasteiger partial charge is 0.249 e. The molecule has 3 aromatic carbocycles. The van der Waals surface area contributed by atoms with E-state index in [1.807, 2.05) is 74.1 Å². The minimum absolute atomic E-state index is 0.134. The molecule has 3 N–H and O–H groups in total. The quantitative estimate of drug-likeness (QED) is 0.0646. The first kappa shape index (κ1) is 52.6. The van der Waals surface area contributed by atoms with Crippen molar-refractivity contribution in [3.8, 4) is 16.9 Å². The number of carbonyl (C=O) groups is 4. The Hall–Kier alpha value is -7.27. The second-order valence-electron chi connectivity index (χ2n) is 20.7. The van der Waals surface area contributed by atoms with Gasteiger partial charge in [-0.05, 0) is 114 Å². The van der Waals surface area contributed by atoms with Crippen molar-refractivity contribution in [2.24, 2.45) is 5.41 Å². The van der Waals surface area contributed by atoms with Crippen LogP contribution in [0.4, 0.5) is 4.39 Å². The summed E-state index contributed by atoms with van der Waals surface area (Å²) in [6.07, 6.45) is 15.3. The Morgan fingerprint density at radius 3 is 2.48 bits per heavy atom. The van der Waals surface area contributed by atoms with E-state index in [0.29, 0.717) is 31.9 Å². The normalized spacial score (nSPS) is 16.8. The van der Waals surface area contributed by atoms with E-state index >= 15 is 0 Å². The zero-order valence-corrected chi connectivity index (χ0v) is 43.4. The van der Waals surface area contributed by atoms with Gasteiger partial charge in [0.1, 0.15) is 30.3 Å². The number of nitrogens with one attached hydrogen (secondary N) is 3. The van der Waals surface area contributed by atoms with Crippen molar-refractivity contribution < 1.29 is 37.8 Å². The number of nitrogens with zero attached hydrogens (tertiary/aromatic N) is 5. The molecule has 6 aromatic rings. The molecule has 15 nitrogen and oxygen atoms in total. The number of amides is 3. The molecule has 3 amide bonds. The third kappa shape index (κ3) is 12.6. The van der Waals surface area contributed by atoms with E-state index in [9.17, 15) is 23.6 Å². The van der Waals surface area contributed by atoms with Crippen molar-refractivity contribution in [3.05, 3.63) is 166 Å². The van der Waals surface area contributed by atoms with Gasteiger partial charge in [-0.25, -0.2) is 9.07 Å². The first-order valence-corrected chi connectivity index (χ1v) is 26.0. The largest absolute Gasteiger partial charge is 0.491 e. The average Bonchev–Trinajstić information content (AvgIpc) is 4.20. The highest BCUT2D eigenvalue weighted by Crippen LogP contribution is 2.36. The maximum Gasteiger partial charge on any atom is 0.249 e. The lowest BCUT2D eigenvalue weighted by Crippen LogP contribution is -2.62. The van der Waals surface area contributed by atoms with Gasteiger partial charge < -0.3 is 39.6 Å². The monoisotopic (exact) mass is 1020 g/mol. The number of rotatable bonds is 20. The Bertz CT molecular complexity index is 3070. The summed E-state index contributed by atoms with van der Waals surface area (Å²) in [5.41, 5.74) is 10.2. The fourth-order valence-corrected chi connectivity index (χ4v) is 10.1. The van der Waals surface area contributed by atoms with Crippen molar-refractivity contribution in [2.75, 3.05) is 40.1 Å². The van der Waals surface area contributed by atoms with Crippen LogP contribution in [-0.4, -0.2) is 106 Å². The number of hydrogen-bond donors (Lipinski definition) is 3. The number of likely N-dealkylation sites (N-methyl/N-ethyl adjacent to an activating group) is 1. The maximum atomic E-state index is 14.7. The van der Waals surface area contributed by atoms with Crippen LogP contribution >= 0.6 is 0 Å². The SMILES string of the molecule is CN[C@H](C)C(=O)N[C@@H](C(=O)N1Cc2cc(OCCOCCOCCC(=O)n3cc(-c4cnc5c(c4)C(c4ccn(Cc6cccc(F)c6)c4)=CC5)cn3)ccc2C[C@@H]1C(=O)N[C@H]1CCCc2ccccc21)C(C)(C)C. The summed E-state index contributed by atoms with van der Waals surface area (Å²) in [5, 5.41) is 13.6. The van der Waals surface area contributed by atoms with Gasteiger partial charge in [-0.1, -0.05) is 69.3 Å². The molecule has 0 saturated heterocycles. The van der Waals surface area contributed by atoms with Gasteiger partial charge >= 0.3 is 0 Å². The van der Waals surface area contributed by atoms with Crippen molar-refractivity contribution in [1.29, 1.82) is 0 Å². The third-order valence-electron chi connectivity index (χ3n) is 14.4. The predicted molar refractivity (Wildman–Crippen MR) is 283 cm³/mol. The minimum atomic E-state index is -0.889. The number of aromatic nitrogens is 4. The molecular weight excluding hydrogens is 952 g/mol. The Kier molecular flexibility index (Phi) is 16.5. The highest BCUT2D eigenvalue weighted by Gasteiger charge is 2.43. The molecule has 4 atom stereocenters. The van der Waals surface area contributed by atoms with Crippen molar-refractivity contribution in [1.82, 2.24) is 40.2 Å². The van der Waals surface area contributed by atoms with Crippen molar-refractivity contribution >= 4 is 29.2 Å². The highest BCUT2D eigenvalue weighted by molar-refractivity contribution is 5.94. The molecule has 75 heavy (non-hydrogen) atoms. The van der Waals surface area contributed by atoms with Crippen LogP contribution in [0.25, 0.3) is 16.7 Å². The summed E-state index contributed by atoms with van der Waals surface area (Å²) < 4.78 is 34.8. The van der Waals surface area contributed by atoms with E-state index in [0.717, 1.165) is 81.5 Å². The number of hydrogen-bond acceptors (Lipinski definition) is 10. The molecule has 0 unspecified atom stereocenters. The molecule has 0 radical (unpaired) electrons. The van der Waals surface area contributed by atoms with E-state index in [-0.39, 0.29) is 68.3 Å². The van der Waals surface area contributed by atoms with Gasteiger partial charge in [0.05, 0.1) is 56.8 Å². The fraction of sp³-hybridized carbons (Fsp3) is 0.390. The van der Waals surface area contributed by atoms with Crippen LogP contribution in [-0.2, 0) is 56.2 Å². The van der Waals surface area contributed by atoms with Gasteiger partial charge in [0.2, 0.25) is 23.6 Å². The Balaban J connectivity index is 0.738. The number of carbonyl (C=O) groups excluding carboxylic acids is 4. The molecule has 392 valence electrons. The number of benzene rings is 3. The molecular formula is C59H67FN8O7. The average molecular weight is 1020 g/mol. The summed E-state index contributed by atoms with van der Waals surface area (Å²) in [7, 11) is 1.69. The van der Waals surface area contributed by atoms with Crippen LogP contribution in [0.15, 0.2) is 116 Å². The van der Waals surface area contributed by atoms with E-state index in [4.69, 9.17) is 19.2 Å². The number of pyridine rings is 1. The second-order valence-corrected chi connectivity index (χ2v) is 20.7. The molecule has 9 rings (SSSR count). The van der Waals surface area contributed by atoms with E-state index < -0.39 is 23.5 Å². The summed E-state index contributed by atoms with van der Waals surface area (Å²) in [6.45, 7) is 9.55. The number of fused-ring (bicyclic) bond motifs is 3. The van der Waals surface area contributed by atoms with E-state index in [2.05, 4.69) is 57.6 Å². The highest BCUT2D eigenvalue weighted by atomic mass is 19.1. The lowest BCUT2D eigenvalue weighted by molar-refractivity contribution is -0.147. The summed E-state index contributed by atoms with van der Waals surface area (Å²) in [4.78, 5) is 61.7. The second kappa shape index (κ2) is 23.5. The summed E-state index contributed by atoms with van der Waals surface area (Å²) in [6, 6.07) is 22.3. The maximum absolute atomic E-state index is 14.7. The lowest BCUT2D eigenvalue weighted by Gasteiger charge is -2.41. The fourth-order valence-electron chi connectivity index (χ4n) is 10.1. The lowest BCUT2D eigenvalue weighted by atomic mass is 9.83. The first-order valence-electron chi connectivity index (χ1n) is 26.0. The van der Waals surface area contributed by atoms with E-state index in [1.54, 1.807) is 43.4 Å². The minimum Gasteiger partial charge on any atom is -0.491 e. The molecule has 3 aliphatic rings.